The minimum Gasteiger partial charge on any atom is -0.478 e. The molecule has 0 fully saturated rings. The molecule has 0 bridgehead atoms. The summed E-state index contributed by atoms with van der Waals surface area (Å²) in [6.45, 7) is 2.40. The number of allylic oxidation sites excluding steroid dienone is 1. The highest BCUT2D eigenvalue weighted by Gasteiger charge is 2.12. The lowest BCUT2D eigenvalue weighted by Crippen LogP contribution is -2.11. The summed E-state index contributed by atoms with van der Waals surface area (Å²) >= 11 is 0. The summed E-state index contributed by atoms with van der Waals surface area (Å²) in [6, 6.07) is 12.4. The maximum atomic E-state index is 14.3. The summed E-state index contributed by atoms with van der Waals surface area (Å²) in [7, 11) is 3.92. The molecule has 0 aliphatic rings. The van der Waals surface area contributed by atoms with Crippen LogP contribution in [0.3, 0.4) is 0 Å². The number of halogens is 1. The molecule has 3 nitrogen and oxygen atoms in total. The lowest BCUT2D eigenvalue weighted by molar-refractivity contribution is -0.131. The monoisotopic (exact) mass is 313 g/mol. The second-order valence-corrected chi connectivity index (χ2v) is 5.76. The predicted molar refractivity (Wildman–Crippen MR) is 90.5 cm³/mol. The van der Waals surface area contributed by atoms with Crippen molar-refractivity contribution in [1.82, 2.24) is 4.90 Å². The van der Waals surface area contributed by atoms with Gasteiger partial charge in [0.25, 0.3) is 0 Å². The van der Waals surface area contributed by atoms with Gasteiger partial charge >= 0.3 is 5.97 Å². The van der Waals surface area contributed by atoms with Gasteiger partial charge in [-0.05, 0) is 55.4 Å². The molecule has 120 valence electrons. The van der Waals surface area contributed by atoms with Crippen molar-refractivity contribution in [3.05, 3.63) is 65.5 Å². The lowest BCUT2D eigenvalue weighted by Gasteiger charge is -2.15. The van der Waals surface area contributed by atoms with Crippen molar-refractivity contribution in [1.29, 1.82) is 0 Å². The summed E-state index contributed by atoms with van der Waals surface area (Å²) in [5.41, 5.74) is 3.61. The standard InChI is InChI=1S/C19H20FNO2/c1-13(10-19(22)23)14-8-9-18(20)17(11-14)16-7-5-4-6-15(16)12-21(2)3/h4-11H,12H2,1-3H3,(H,22,23)/b13-10+. The summed E-state index contributed by atoms with van der Waals surface area (Å²) in [6.07, 6.45) is 1.13. The van der Waals surface area contributed by atoms with E-state index in [1.807, 2.05) is 43.3 Å². The van der Waals surface area contributed by atoms with Crippen molar-refractivity contribution in [3.8, 4) is 11.1 Å². The highest BCUT2D eigenvalue weighted by molar-refractivity contribution is 5.90. The Morgan fingerprint density at radius 1 is 1.17 bits per heavy atom. The van der Waals surface area contributed by atoms with Crippen molar-refractivity contribution in [3.63, 3.8) is 0 Å². The maximum absolute atomic E-state index is 14.3. The van der Waals surface area contributed by atoms with Crippen LogP contribution in [-0.4, -0.2) is 30.1 Å². The van der Waals surface area contributed by atoms with Crippen molar-refractivity contribution in [2.24, 2.45) is 0 Å². The number of benzene rings is 2. The molecule has 0 unspecified atom stereocenters. The van der Waals surface area contributed by atoms with E-state index in [2.05, 4.69) is 0 Å². The Bertz CT molecular complexity index is 751. The molecule has 23 heavy (non-hydrogen) atoms. The number of carbonyl (C=O) groups is 1. The van der Waals surface area contributed by atoms with Crippen LogP contribution >= 0.6 is 0 Å². The van der Waals surface area contributed by atoms with Crippen LogP contribution in [0.4, 0.5) is 4.39 Å². The van der Waals surface area contributed by atoms with Gasteiger partial charge in [-0.1, -0.05) is 30.3 Å². The molecular weight excluding hydrogens is 293 g/mol. The molecule has 0 aromatic heterocycles. The summed E-state index contributed by atoms with van der Waals surface area (Å²) in [5.74, 6) is -1.33. The number of hydrogen-bond acceptors (Lipinski definition) is 2. The maximum Gasteiger partial charge on any atom is 0.328 e. The van der Waals surface area contributed by atoms with E-state index < -0.39 is 5.97 Å². The van der Waals surface area contributed by atoms with Crippen LogP contribution in [0.15, 0.2) is 48.5 Å². The molecule has 2 aromatic carbocycles. The molecule has 0 atom stereocenters. The van der Waals surface area contributed by atoms with Crippen LogP contribution in [0.2, 0.25) is 0 Å². The summed E-state index contributed by atoms with van der Waals surface area (Å²) in [5, 5.41) is 8.87. The van der Waals surface area contributed by atoms with Gasteiger partial charge in [0, 0.05) is 18.2 Å². The van der Waals surface area contributed by atoms with Crippen molar-refractivity contribution in [2.45, 2.75) is 13.5 Å². The quantitative estimate of drug-likeness (QED) is 0.847. The van der Waals surface area contributed by atoms with Gasteiger partial charge in [-0.25, -0.2) is 9.18 Å². The second-order valence-electron chi connectivity index (χ2n) is 5.76. The number of aliphatic carboxylic acids is 1. The zero-order chi connectivity index (χ0) is 17.0. The van der Waals surface area contributed by atoms with Crippen LogP contribution in [0.1, 0.15) is 18.1 Å². The molecule has 2 aromatic rings. The van der Waals surface area contributed by atoms with Crippen LogP contribution in [0, 0.1) is 5.82 Å². The first-order valence-electron chi connectivity index (χ1n) is 7.32. The van der Waals surface area contributed by atoms with Crippen LogP contribution in [0.5, 0.6) is 0 Å². The fourth-order valence-electron chi connectivity index (χ4n) is 2.51. The van der Waals surface area contributed by atoms with Crippen molar-refractivity contribution in [2.75, 3.05) is 14.1 Å². The third kappa shape index (κ3) is 4.27. The molecule has 4 heteroatoms. The predicted octanol–water partition coefficient (Wildman–Crippen LogP) is 4.04. The van der Waals surface area contributed by atoms with E-state index >= 15 is 0 Å². The molecule has 0 heterocycles. The van der Waals surface area contributed by atoms with E-state index in [1.54, 1.807) is 19.1 Å². The Balaban J connectivity index is 2.54. The third-order valence-corrected chi connectivity index (χ3v) is 3.56. The molecule has 0 saturated carbocycles. The van der Waals surface area contributed by atoms with Gasteiger partial charge < -0.3 is 10.0 Å². The van der Waals surface area contributed by atoms with Crippen molar-refractivity contribution < 1.29 is 14.3 Å². The molecule has 0 radical (unpaired) electrons. The highest BCUT2D eigenvalue weighted by atomic mass is 19.1. The first kappa shape index (κ1) is 16.9. The molecule has 0 spiro atoms. The molecular formula is C19H20FNO2. The molecule has 0 aliphatic heterocycles. The molecule has 0 saturated heterocycles. The van der Waals surface area contributed by atoms with Crippen molar-refractivity contribution >= 4 is 11.5 Å². The average Bonchev–Trinajstić information content (AvgIpc) is 2.47. The van der Waals surface area contributed by atoms with Gasteiger partial charge in [-0.15, -0.1) is 0 Å². The number of carboxylic acids is 1. The van der Waals surface area contributed by atoms with Gasteiger partial charge in [-0.2, -0.15) is 0 Å². The second kappa shape index (κ2) is 7.20. The molecule has 1 N–H and O–H groups in total. The van der Waals surface area contributed by atoms with E-state index in [-0.39, 0.29) is 5.82 Å². The number of carboxylic acid groups (broad SMARTS) is 1. The fraction of sp³-hybridized carbons (Fsp3) is 0.211. The van der Waals surface area contributed by atoms with E-state index in [0.29, 0.717) is 23.2 Å². The number of rotatable bonds is 5. The Hall–Kier alpha value is -2.46. The Morgan fingerprint density at radius 2 is 1.87 bits per heavy atom. The Morgan fingerprint density at radius 3 is 2.52 bits per heavy atom. The highest BCUT2D eigenvalue weighted by Crippen LogP contribution is 2.30. The van der Waals surface area contributed by atoms with Gasteiger partial charge in [0.15, 0.2) is 0 Å². The minimum absolute atomic E-state index is 0.317. The largest absolute Gasteiger partial charge is 0.478 e. The Kier molecular flexibility index (Phi) is 5.29. The van der Waals surface area contributed by atoms with Crippen LogP contribution < -0.4 is 0 Å². The molecule has 0 aliphatic carbocycles. The smallest absolute Gasteiger partial charge is 0.328 e. The van der Waals surface area contributed by atoms with E-state index in [4.69, 9.17) is 5.11 Å². The average molecular weight is 313 g/mol. The fourth-order valence-corrected chi connectivity index (χ4v) is 2.51. The lowest BCUT2D eigenvalue weighted by atomic mass is 9.95. The van der Waals surface area contributed by atoms with Crippen LogP contribution in [0.25, 0.3) is 16.7 Å². The summed E-state index contributed by atoms with van der Waals surface area (Å²) in [4.78, 5) is 12.8. The van der Waals surface area contributed by atoms with E-state index in [1.165, 1.54) is 6.07 Å². The Labute approximate surface area is 135 Å². The van der Waals surface area contributed by atoms with Gasteiger partial charge in [0.2, 0.25) is 0 Å². The topological polar surface area (TPSA) is 40.5 Å². The first-order valence-corrected chi connectivity index (χ1v) is 7.32. The van der Waals surface area contributed by atoms with E-state index in [0.717, 1.165) is 17.2 Å². The zero-order valence-electron chi connectivity index (χ0n) is 13.5. The number of nitrogens with zero attached hydrogens (tertiary/aromatic N) is 1. The van der Waals surface area contributed by atoms with Gasteiger partial charge in [0.05, 0.1) is 0 Å². The zero-order valence-corrected chi connectivity index (χ0v) is 13.5. The first-order chi connectivity index (χ1) is 10.9. The third-order valence-electron chi connectivity index (χ3n) is 3.56. The van der Waals surface area contributed by atoms with Crippen LogP contribution in [-0.2, 0) is 11.3 Å². The van der Waals surface area contributed by atoms with Gasteiger partial charge in [0.1, 0.15) is 5.82 Å². The molecule has 2 rings (SSSR count). The summed E-state index contributed by atoms with van der Waals surface area (Å²) < 4.78 is 14.3. The van der Waals surface area contributed by atoms with Gasteiger partial charge in [-0.3, -0.25) is 0 Å². The normalized spacial score (nSPS) is 11.8. The SMILES string of the molecule is C/C(=C\C(=O)O)c1ccc(F)c(-c2ccccc2CN(C)C)c1. The van der Waals surface area contributed by atoms with E-state index in [9.17, 15) is 9.18 Å². The molecule has 0 amide bonds. The number of hydrogen-bond donors (Lipinski definition) is 1. The minimum atomic E-state index is -1.01.